The normalized spacial score (nSPS) is 15.3. The Bertz CT molecular complexity index is 963. The first kappa shape index (κ1) is 16.3. The summed E-state index contributed by atoms with van der Waals surface area (Å²) in [4.78, 5) is 25.7. The van der Waals surface area contributed by atoms with Gasteiger partial charge in [-0.3, -0.25) is 9.59 Å². The summed E-state index contributed by atoms with van der Waals surface area (Å²) in [5.74, 6) is -0.338. The molecule has 1 aliphatic rings. The van der Waals surface area contributed by atoms with Crippen LogP contribution in [0, 0.1) is 0 Å². The Morgan fingerprint density at radius 3 is 2.23 bits per heavy atom. The fraction of sp³-hybridized carbons (Fsp3) is 0.130. The van der Waals surface area contributed by atoms with Gasteiger partial charge in [-0.15, -0.1) is 0 Å². The molecule has 1 N–H and O–H groups in total. The fourth-order valence-corrected chi connectivity index (χ4v) is 3.57. The zero-order chi connectivity index (χ0) is 17.9. The van der Waals surface area contributed by atoms with Crippen molar-refractivity contribution in [1.82, 2.24) is 5.32 Å². The summed E-state index contributed by atoms with van der Waals surface area (Å²) in [5, 5.41) is 3.11. The minimum Gasteiger partial charge on any atom is -0.345 e. The van der Waals surface area contributed by atoms with E-state index in [1.165, 1.54) is 11.1 Å². The van der Waals surface area contributed by atoms with Crippen molar-refractivity contribution in [2.24, 2.45) is 0 Å². The number of nitrogens with one attached hydrogen (secondary N) is 1. The fourth-order valence-electron chi connectivity index (χ4n) is 3.57. The van der Waals surface area contributed by atoms with Crippen molar-refractivity contribution < 1.29 is 9.59 Å². The van der Waals surface area contributed by atoms with E-state index in [1.54, 1.807) is 36.4 Å². The van der Waals surface area contributed by atoms with Gasteiger partial charge in [0.05, 0.1) is 11.6 Å². The van der Waals surface area contributed by atoms with Gasteiger partial charge < -0.3 is 5.32 Å². The summed E-state index contributed by atoms with van der Waals surface area (Å²) in [6.45, 7) is 0. The quantitative estimate of drug-likeness (QED) is 0.718. The molecule has 128 valence electrons. The van der Waals surface area contributed by atoms with Crippen LogP contribution in [0.15, 0.2) is 78.9 Å². The molecule has 0 bridgehead atoms. The molecule has 0 saturated heterocycles. The second kappa shape index (κ2) is 6.96. The van der Waals surface area contributed by atoms with Gasteiger partial charge >= 0.3 is 0 Å². The number of fused-ring (bicyclic) bond motifs is 1. The van der Waals surface area contributed by atoms with Crippen LogP contribution in [-0.4, -0.2) is 11.7 Å². The van der Waals surface area contributed by atoms with Gasteiger partial charge in [-0.25, -0.2) is 0 Å². The Kier molecular flexibility index (Phi) is 4.36. The van der Waals surface area contributed by atoms with Crippen LogP contribution < -0.4 is 5.32 Å². The number of carbonyl (C=O) groups is 2. The van der Waals surface area contributed by atoms with E-state index in [4.69, 9.17) is 0 Å². The summed E-state index contributed by atoms with van der Waals surface area (Å²) < 4.78 is 0. The Morgan fingerprint density at radius 1 is 0.769 bits per heavy atom. The number of rotatable bonds is 4. The van der Waals surface area contributed by atoms with Crippen LogP contribution in [0.2, 0.25) is 0 Å². The average Bonchev–Trinajstić information content (AvgIpc) is 3.11. The van der Waals surface area contributed by atoms with Gasteiger partial charge in [-0.2, -0.15) is 0 Å². The lowest BCUT2D eigenvalue weighted by Crippen LogP contribution is -2.28. The maximum atomic E-state index is 12.9. The van der Waals surface area contributed by atoms with E-state index in [9.17, 15) is 9.59 Å². The number of ketones is 1. The van der Waals surface area contributed by atoms with Crippen LogP contribution in [-0.2, 0) is 6.42 Å². The molecule has 0 saturated carbocycles. The Morgan fingerprint density at radius 2 is 1.42 bits per heavy atom. The highest BCUT2D eigenvalue weighted by Crippen LogP contribution is 2.31. The highest BCUT2D eigenvalue weighted by Gasteiger charge is 2.25. The number of benzene rings is 3. The van der Waals surface area contributed by atoms with Crippen molar-refractivity contribution in [3.05, 3.63) is 107 Å². The topological polar surface area (TPSA) is 46.2 Å². The number of hydrogen-bond acceptors (Lipinski definition) is 2. The molecule has 1 atom stereocenters. The van der Waals surface area contributed by atoms with E-state index in [0.717, 1.165) is 12.8 Å². The van der Waals surface area contributed by atoms with E-state index in [0.29, 0.717) is 16.7 Å². The third-order valence-corrected chi connectivity index (χ3v) is 4.89. The van der Waals surface area contributed by atoms with Crippen LogP contribution in [0.3, 0.4) is 0 Å². The van der Waals surface area contributed by atoms with Crippen LogP contribution in [0.4, 0.5) is 0 Å². The molecular formula is C23H19NO2. The van der Waals surface area contributed by atoms with Crippen molar-refractivity contribution in [2.45, 2.75) is 18.9 Å². The first-order valence-corrected chi connectivity index (χ1v) is 8.81. The maximum absolute atomic E-state index is 12.9. The third-order valence-electron chi connectivity index (χ3n) is 4.89. The number of carbonyl (C=O) groups excluding carboxylic acids is 2. The Labute approximate surface area is 152 Å². The summed E-state index contributed by atoms with van der Waals surface area (Å²) in [6, 6.07) is 24.3. The molecule has 3 nitrogen and oxygen atoms in total. The second-order valence-corrected chi connectivity index (χ2v) is 6.50. The van der Waals surface area contributed by atoms with Crippen LogP contribution >= 0.6 is 0 Å². The van der Waals surface area contributed by atoms with Gasteiger partial charge in [-0.05, 0) is 30.0 Å². The smallest absolute Gasteiger partial charge is 0.252 e. The number of hydrogen-bond donors (Lipinski definition) is 1. The van der Waals surface area contributed by atoms with Crippen molar-refractivity contribution in [1.29, 1.82) is 0 Å². The first-order valence-electron chi connectivity index (χ1n) is 8.81. The molecule has 0 aromatic heterocycles. The van der Waals surface area contributed by atoms with Gasteiger partial charge in [-0.1, -0.05) is 72.8 Å². The summed E-state index contributed by atoms with van der Waals surface area (Å²) in [5.41, 5.74) is 3.89. The maximum Gasteiger partial charge on any atom is 0.252 e. The zero-order valence-corrected chi connectivity index (χ0v) is 14.3. The third kappa shape index (κ3) is 3.04. The van der Waals surface area contributed by atoms with E-state index >= 15 is 0 Å². The number of amides is 1. The first-order chi connectivity index (χ1) is 12.7. The molecule has 4 rings (SSSR count). The van der Waals surface area contributed by atoms with Crippen molar-refractivity contribution in [3.63, 3.8) is 0 Å². The monoisotopic (exact) mass is 341 g/mol. The Balaban J connectivity index is 1.61. The van der Waals surface area contributed by atoms with Gasteiger partial charge in [0.15, 0.2) is 5.78 Å². The minimum atomic E-state index is -0.202. The molecule has 1 aliphatic carbocycles. The highest BCUT2D eigenvalue weighted by molar-refractivity contribution is 6.15. The molecule has 1 amide bonds. The van der Waals surface area contributed by atoms with Crippen LogP contribution in [0.5, 0.6) is 0 Å². The van der Waals surface area contributed by atoms with Gasteiger partial charge in [0, 0.05) is 11.1 Å². The molecule has 0 aliphatic heterocycles. The van der Waals surface area contributed by atoms with Crippen LogP contribution in [0.25, 0.3) is 0 Å². The van der Waals surface area contributed by atoms with Gasteiger partial charge in [0.1, 0.15) is 0 Å². The molecule has 1 unspecified atom stereocenters. The molecule has 26 heavy (non-hydrogen) atoms. The summed E-state index contributed by atoms with van der Waals surface area (Å²) in [6.07, 6.45) is 1.85. The molecule has 0 heterocycles. The summed E-state index contributed by atoms with van der Waals surface area (Å²) in [7, 11) is 0. The van der Waals surface area contributed by atoms with E-state index in [2.05, 4.69) is 17.4 Å². The molecule has 3 aromatic carbocycles. The molecule has 3 heteroatoms. The minimum absolute atomic E-state index is 0.00131. The lowest BCUT2D eigenvalue weighted by atomic mass is 9.97. The van der Waals surface area contributed by atoms with E-state index in [-0.39, 0.29) is 17.7 Å². The predicted octanol–water partition coefficient (Wildman–Crippen LogP) is 4.33. The van der Waals surface area contributed by atoms with Crippen LogP contribution in [0.1, 0.15) is 49.9 Å². The van der Waals surface area contributed by atoms with Crippen molar-refractivity contribution in [3.8, 4) is 0 Å². The number of aryl methyl sites for hydroxylation is 1. The highest BCUT2D eigenvalue weighted by atomic mass is 16.2. The molecule has 3 aromatic rings. The van der Waals surface area contributed by atoms with Gasteiger partial charge in [0.25, 0.3) is 5.91 Å². The SMILES string of the molecule is O=C(NC1CCc2ccccc21)c1ccccc1C(=O)c1ccccc1. The molecule has 0 radical (unpaired) electrons. The summed E-state index contributed by atoms with van der Waals surface area (Å²) >= 11 is 0. The zero-order valence-electron chi connectivity index (χ0n) is 14.3. The van der Waals surface area contributed by atoms with Crippen molar-refractivity contribution in [2.75, 3.05) is 0 Å². The molecule has 0 spiro atoms. The second-order valence-electron chi connectivity index (χ2n) is 6.50. The van der Waals surface area contributed by atoms with E-state index < -0.39 is 0 Å². The lowest BCUT2D eigenvalue weighted by molar-refractivity contribution is 0.0926. The lowest BCUT2D eigenvalue weighted by Gasteiger charge is -2.16. The largest absolute Gasteiger partial charge is 0.345 e. The molecular weight excluding hydrogens is 322 g/mol. The van der Waals surface area contributed by atoms with Gasteiger partial charge in [0.2, 0.25) is 0 Å². The Hall–Kier alpha value is -3.20. The standard InChI is InChI=1S/C23H19NO2/c25-22(17-9-2-1-3-10-17)19-12-6-7-13-20(19)23(26)24-21-15-14-16-8-4-5-11-18(16)21/h1-13,21H,14-15H2,(H,24,26). The molecule has 0 fully saturated rings. The van der Waals surface area contributed by atoms with Crippen molar-refractivity contribution >= 4 is 11.7 Å². The van der Waals surface area contributed by atoms with E-state index in [1.807, 2.05) is 30.3 Å². The average molecular weight is 341 g/mol. The predicted molar refractivity (Wildman–Crippen MR) is 101 cm³/mol.